The minimum absolute atomic E-state index is 0.0915. The fraction of sp³-hybridized carbons (Fsp3) is 0.706. The second kappa shape index (κ2) is 7.84. The van der Waals surface area contributed by atoms with Crippen LogP contribution in [0, 0.1) is 5.92 Å². The van der Waals surface area contributed by atoms with Gasteiger partial charge in [0.25, 0.3) is 0 Å². The van der Waals surface area contributed by atoms with Gasteiger partial charge in [0.1, 0.15) is 5.76 Å². The molecule has 23 heavy (non-hydrogen) atoms. The molecule has 1 aromatic heterocycles. The van der Waals surface area contributed by atoms with Crippen LogP contribution < -0.4 is 10.6 Å². The van der Waals surface area contributed by atoms with Crippen molar-refractivity contribution >= 4 is 6.03 Å². The van der Waals surface area contributed by atoms with Gasteiger partial charge in [-0.05, 0) is 63.2 Å². The number of aliphatic hydroxyl groups is 1. The highest BCUT2D eigenvalue weighted by Crippen LogP contribution is 2.33. The van der Waals surface area contributed by atoms with Crippen molar-refractivity contribution in [2.75, 3.05) is 26.2 Å². The second-order valence-corrected chi connectivity index (χ2v) is 6.58. The molecule has 128 valence electrons. The van der Waals surface area contributed by atoms with E-state index in [1.165, 1.54) is 12.8 Å². The van der Waals surface area contributed by atoms with Crippen molar-refractivity contribution in [1.82, 2.24) is 15.5 Å². The highest BCUT2D eigenvalue weighted by atomic mass is 16.3. The Bertz CT molecular complexity index is 481. The number of hydrogen-bond donors (Lipinski definition) is 3. The molecule has 2 heterocycles. The van der Waals surface area contributed by atoms with Gasteiger partial charge in [-0.2, -0.15) is 0 Å². The lowest BCUT2D eigenvalue weighted by atomic mass is 10.1. The lowest BCUT2D eigenvalue weighted by Crippen LogP contribution is -2.46. The first kappa shape index (κ1) is 16.3. The van der Waals surface area contributed by atoms with Crippen molar-refractivity contribution < 1.29 is 14.3 Å². The SMILES string of the molecule is O=C(NCC(c1ccco1)N1CCCC1)NC(CCO)C1CC1. The Kier molecular flexibility index (Phi) is 5.56. The number of nitrogens with one attached hydrogen (secondary N) is 2. The molecule has 1 aliphatic heterocycles. The maximum absolute atomic E-state index is 12.2. The normalized spacial score (nSPS) is 21.1. The van der Waals surface area contributed by atoms with Crippen molar-refractivity contribution in [3.8, 4) is 0 Å². The third kappa shape index (κ3) is 4.48. The zero-order chi connectivity index (χ0) is 16.1. The number of aliphatic hydroxyl groups excluding tert-OH is 1. The molecule has 2 aliphatic rings. The summed E-state index contributed by atoms with van der Waals surface area (Å²) in [7, 11) is 0. The van der Waals surface area contributed by atoms with E-state index in [2.05, 4.69) is 15.5 Å². The van der Waals surface area contributed by atoms with E-state index in [0.29, 0.717) is 18.9 Å². The molecule has 1 aromatic rings. The van der Waals surface area contributed by atoms with Crippen LogP contribution in [0.5, 0.6) is 0 Å². The van der Waals surface area contributed by atoms with Crippen molar-refractivity contribution in [2.24, 2.45) is 5.92 Å². The van der Waals surface area contributed by atoms with Gasteiger partial charge >= 0.3 is 6.03 Å². The molecule has 1 saturated carbocycles. The summed E-state index contributed by atoms with van der Waals surface area (Å²) in [4.78, 5) is 14.6. The molecule has 1 aliphatic carbocycles. The van der Waals surface area contributed by atoms with E-state index in [1.807, 2.05) is 12.1 Å². The number of nitrogens with zero attached hydrogens (tertiary/aromatic N) is 1. The highest BCUT2D eigenvalue weighted by molar-refractivity contribution is 5.74. The summed E-state index contributed by atoms with van der Waals surface area (Å²) in [6.07, 6.45) is 7.00. The molecule has 0 spiro atoms. The zero-order valence-corrected chi connectivity index (χ0v) is 13.5. The predicted octanol–water partition coefficient (Wildman–Crippen LogP) is 1.88. The number of likely N-dealkylation sites (tertiary alicyclic amines) is 1. The van der Waals surface area contributed by atoms with Gasteiger partial charge in [0, 0.05) is 19.2 Å². The summed E-state index contributed by atoms with van der Waals surface area (Å²) >= 11 is 0. The zero-order valence-electron chi connectivity index (χ0n) is 13.5. The summed E-state index contributed by atoms with van der Waals surface area (Å²) in [5.74, 6) is 1.44. The van der Waals surface area contributed by atoms with E-state index < -0.39 is 0 Å². The number of furan rings is 1. The van der Waals surface area contributed by atoms with Crippen LogP contribution in [0.3, 0.4) is 0 Å². The van der Waals surface area contributed by atoms with Crippen molar-refractivity contribution in [2.45, 2.75) is 44.2 Å². The molecular formula is C17H27N3O3. The van der Waals surface area contributed by atoms with Crippen LogP contribution >= 0.6 is 0 Å². The minimum Gasteiger partial charge on any atom is -0.468 e. The first-order valence-electron chi connectivity index (χ1n) is 8.70. The molecule has 2 unspecified atom stereocenters. The van der Waals surface area contributed by atoms with E-state index in [-0.39, 0.29) is 24.7 Å². The molecule has 0 bridgehead atoms. The van der Waals surface area contributed by atoms with E-state index in [1.54, 1.807) is 6.26 Å². The Balaban J connectivity index is 1.52. The third-order valence-corrected chi connectivity index (χ3v) is 4.86. The molecule has 2 atom stereocenters. The van der Waals surface area contributed by atoms with Gasteiger partial charge in [-0.3, -0.25) is 4.90 Å². The highest BCUT2D eigenvalue weighted by Gasteiger charge is 2.32. The molecular weight excluding hydrogens is 294 g/mol. The van der Waals surface area contributed by atoms with Crippen LogP contribution in [0.2, 0.25) is 0 Å². The molecule has 2 amide bonds. The first-order valence-corrected chi connectivity index (χ1v) is 8.70. The third-order valence-electron chi connectivity index (χ3n) is 4.86. The van der Waals surface area contributed by atoms with Gasteiger partial charge in [-0.1, -0.05) is 0 Å². The van der Waals surface area contributed by atoms with E-state index in [9.17, 15) is 4.79 Å². The molecule has 3 rings (SSSR count). The predicted molar refractivity (Wildman–Crippen MR) is 87.0 cm³/mol. The van der Waals surface area contributed by atoms with Crippen molar-refractivity contribution in [3.05, 3.63) is 24.2 Å². The number of carbonyl (C=O) groups is 1. The summed E-state index contributed by atoms with van der Waals surface area (Å²) < 4.78 is 5.56. The van der Waals surface area contributed by atoms with Crippen molar-refractivity contribution in [1.29, 1.82) is 0 Å². The lowest BCUT2D eigenvalue weighted by Gasteiger charge is -2.26. The smallest absolute Gasteiger partial charge is 0.315 e. The number of urea groups is 1. The molecule has 3 N–H and O–H groups in total. The summed E-state index contributed by atoms with van der Waals surface area (Å²) in [5.41, 5.74) is 0. The standard InChI is InChI=1S/C17H27N3O3/c21-10-7-14(13-5-6-13)19-17(22)18-12-15(16-4-3-11-23-16)20-8-1-2-9-20/h3-4,11,13-15,21H,1-2,5-10,12H2,(H2,18,19,22). The fourth-order valence-corrected chi connectivity index (χ4v) is 3.42. The average Bonchev–Trinajstić information content (AvgIpc) is 3.02. The van der Waals surface area contributed by atoms with Crippen LogP contribution in [0.15, 0.2) is 22.8 Å². The lowest BCUT2D eigenvalue weighted by molar-refractivity contribution is 0.199. The largest absolute Gasteiger partial charge is 0.468 e. The fourth-order valence-electron chi connectivity index (χ4n) is 3.42. The molecule has 1 saturated heterocycles. The number of carbonyl (C=O) groups excluding carboxylic acids is 1. The Labute approximate surface area is 137 Å². The molecule has 2 fully saturated rings. The summed E-state index contributed by atoms with van der Waals surface area (Å²) in [6, 6.07) is 3.90. The van der Waals surface area contributed by atoms with Gasteiger partial charge in [0.15, 0.2) is 0 Å². The maximum Gasteiger partial charge on any atom is 0.315 e. The van der Waals surface area contributed by atoms with Crippen LogP contribution in [0.25, 0.3) is 0 Å². The minimum atomic E-state index is -0.147. The van der Waals surface area contributed by atoms with Gasteiger partial charge < -0.3 is 20.2 Å². The monoisotopic (exact) mass is 321 g/mol. The van der Waals surface area contributed by atoms with E-state index in [0.717, 1.165) is 31.7 Å². The van der Waals surface area contributed by atoms with Gasteiger partial charge in [-0.25, -0.2) is 4.79 Å². The number of amides is 2. The quantitative estimate of drug-likeness (QED) is 0.683. The van der Waals surface area contributed by atoms with Gasteiger partial charge in [-0.15, -0.1) is 0 Å². The van der Waals surface area contributed by atoms with Crippen LogP contribution in [0.4, 0.5) is 4.79 Å². The van der Waals surface area contributed by atoms with Gasteiger partial charge in [0.05, 0.1) is 12.3 Å². The Morgan fingerprint density at radius 1 is 1.39 bits per heavy atom. The molecule has 6 heteroatoms. The van der Waals surface area contributed by atoms with Crippen LogP contribution in [0.1, 0.15) is 43.9 Å². The van der Waals surface area contributed by atoms with Crippen molar-refractivity contribution in [3.63, 3.8) is 0 Å². The van der Waals surface area contributed by atoms with E-state index in [4.69, 9.17) is 9.52 Å². The number of hydrogen-bond acceptors (Lipinski definition) is 4. The average molecular weight is 321 g/mol. The molecule has 6 nitrogen and oxygen atoms in total. The van der Waals surface area contributed by atoms with Crippen LogP contribution in [-0.2, 0) is 0 Å². The summed E-state index contributed by atoms with van der Waals surface area (Å²) in [5, 5.41) is 15.1. The Hall–Kier alpha value is -1.53. The molecule has 0 aromatic carbocycles. The number of rotatable bonds is 8. The van der Waals surface area contributed by atoms with E-state index >= 15 is 0 Å². The van der Waals surface area contributed by atoms with Gasteiger partial charge in [0.2, 0.25) is 0 Å². The second-order valence-electron chi connectivity index (χ2n) is 6.58. The molecule has 0 radical (unpaired) electrons. The summed E-state index contributed by atoms with van der Waals surface area (Å²) in [6.45, 7) is 2.74. The Morgan fingerprint density at radius 3 is 2.78 bits per heavy atom. The Morgan fingerprint density at radius 2 is 2.17 bits per heavy atom. The first-order chi connectivity index (χ1) is 11.3. The topological polar surface area (TPSA) is 77.7 Å². The van der Waals surface area contributed by atoms with Crippen LogP contribution in [-0.4, -0.2) is 48.3 Å². The maximum atomic E-state index is 12.2.